The zero-order chi connectivity index (χ0) is 10.8. The topological polar surface area (TPSA) is 43.8 Å². The number of aromatic nitrogens is 2. The first-order valence-electron chi connectivity index (χ1n) is 5.72. The normalized spacial score (nSPS) is 26.8. The molecule has 0 bridgehead atoms. The molecule has 1 heterocycles. The van der Waals surface area contributed by atoms with Gasteiger partial charge in [0.15, 0.2) is 5.82 Å². The summed E-state index contributed by atoms with van der Waals surface area (Å²) >= 11 is 5.93. The average molecular weight is 228 g/mol. The highest BCUT2D eigenvalue weighted by Crippen LogP contribution is 2.36. The lowest BCUT2D eigenvalue weighted by molar-refractivity contribution is 0.218. The van der Waals surface area contributed by atoms with E-state index in [1.54, 1.807) is 0 Å². The van der Waals surface area contributed by atoms with E-state index >= 15 is 0 Å². The molecule has 0 radical (unpaired) electrons. The van der Waals surface area contributed by atoms with Gasteiger partial charge in [0.2, 0.25) is 0 Å². The summed E-state index contributed by atoms with van der Waals surface area (Å²) in [7, 11) is 0. The Morgan fingerprint density at radius 1 is 1.53 bits per heavy atom. The van der Waals surface area contributed by atoms with E-state index in [1.165, 1.54) is 32.1 Å². The number of anilines is 1. The summed E-state index contributed by atoms with van der Waals surface area (Å²) < 4.78 is 1.98. The number of hydrogen-bond acceptors (Lipinski definition) is 2. The van der Waals surface area contributed by atoms with Crippen molar-refractivity contribution in [2.75, 3.05) is 5.73 Å². The number of hydrogen-bond donors (Lipinski definition) is 1. The smallest absolute Gasteiger partial charge is 0.164 e. The van der Waals surface area contributed by atoms with Crippen LogP contribution >= 0.6 is 11.6 Å². The van der Waals surface area contributed by atoms with Gasteiger partial charge in [-0.25, -0.2) is 0 Å². The van der Waals surface area contributed by atoms with Gasteiger partial charge >= 0.3 is 0 Å². The Kier molecular flexibility index (Phi) is 3.19. The second-order valence-corrected chi connectivity index (χ2v) is 4.77. The maximum Gasteiger partial charge on any atom is 0.164 e. The van der Waals surface area contributed by atoms with Crippen LogP contribution in [0.5, 0.6) is 0 Å². The molecule has 1 aliphatic rings. The monoisotopic (exact) mass is 227 g/mol. The van der Waals surface area contributed by atoms with Crippen LogP contribution in [-0.4, -0.2) is 9.78 Å². The molecule has 0 spiro atoms. The molecule has 0 aliphatic heterocycles. The van der Waals surface area contributed by atoms with E-state index in [9.17, 15) is 0 Å². The Morgan fingerprint density at radius 2 is 2.27 bits per heavy atom. The Balaban J connectivity index is 2.20. The molecule has 2 rings (SSSR count). The predicted molar refractivity (Wildman–Crippen MR) is 62.9 cm³/mol. The van der Waals surface area contributed by atoms with Gasteiger partial charge in [0.25, 0.3) is 0 Å². The number of rotatable bonds is 2. The van der Waals surface area contributed by atoms with Crippen LogP contribution in [0.3, 0.4) is 0 Å². The first-order chi connectivity index (χ1) is 7.22. The van der Waals surface area contributed by atoms with Gasteiger partial charge in [-0.2, -0.15) is 5.10 Å². The summed E-state index contributed by atoms with van der Waals surface area (Å²) in [5.74, 6) is 1.19. The molecular formula is C11H18ClN3. The van der Waals surface area contributed by atoms with Crippen molar-refractivity contribution in [3.63, 3.8) is 0 Å². The van der Waals surface area contributed by atoms with E-state index < -0.39 is 0 Å². The zero-order valence-electron chi connectivity index (χ0n) is 9.12. The summed E-state index contributed by atoms with van der Waals surface area (Å²) in [6.45, 7) is 2.25. The SMILES string of the molecule is CCC1CCCCC1n1cc(Cl)c(N)n1. The van der Waals surface area contributed by atoms with Crippen LogP contribution in [0.25, 0.3) is 0 Å². The molecule has 15 heavy (non-hydrogen) atoms. The first-order valence-corrected chi connectivity index (χ1v) is 6.10. The third-order valence-corrected chi connectivity index (χ3v) is 3.74. The van der Waals surface area contributed by atoms with Crippen molar-refractivity contribution in [3.05, 3.63) is 11.2 Å². The molecule has 0 amide bonds. The van der Waals surface area contributed by atoms with Gasteiger partial charge in [-0.1, -0.05) is 37.8 Å². The fraction of sp³-hybridized carbons (Fsp3) is 0.727. The second kappa shape index (κ2) is 4.44. The molecule has 0 saturated heterocycles. The molecule has 1 aromatic heterocycles. The van der Waals surface area contributed by atoms with Crippen LogP contribution in [-0.2, 0) is 0 Å². The minimum Gasteiger partial charge on any atom is -0.381 e. The van der Waals surface area contributed by atoms with Crippen molar-refractivity contribution >= 4 is 17.4 Å². The van der Waals surface area contributed by atoms with E-state index in [4.69, 9.17) is 17.3 Å². The standard InChI is InChI=1S/C11H18ClN3/c1-2-8-5-3-4-6-10(8)15-7-9(12)11(13)14-15/h7-8,10H,2-6H2,1H3,(H2,13,14). The van der Waals surface area contributed by atoms with Crippen LogP contribution in [0.2, 0.25) is 5.02 Å². The maximum absolute atomic E-state index is 5.93. The molecule has 1 aliphatic carbocycles. The Bertz CT molecular complexity index is 315. The summed E-state index contributed by atoms with van der Waals surface area (Å²) in [6, 6.07) is 0.499. The molecule has 1 saturated carbocycles. The van der Waals surface area contributed by atoms with Crippen molar-refractivity contribution in [2.24, 2.45) is 5.92 Å². The fourth-order valence-corrected chi connectivity index (χ4v) is 2.70. The zero-order valence-corrected chi connectivity index (χ0v) is 9.87. The van der Waals surface area contributed by atoms with E-state index in [0.717, 1.165) is 5.92 Å². The van der Waals surface area contributed by atoms with Gasteiger partial charge in [-0.15, -0.1) is 0 Å². The summed E-state index contributed by atoms with van der Waals surface area (Å²) in [5.41, 5.74) is 5.67. The largest absolute Gasteiger partial charge is 0.381 e. The van der Waals surface area contributed by atoms with Crippen LogP contribution in [0.4, 0.5) is 5.82 Å². The minimum atomic E-state index is 0.456. The highest BCUT2D eigenvalue weighted by molar-refractivity contribution is 6.32. The van der Waals surface area contributed by atoms with Crippen LogP contribution < -0.4 is 5.73 Å². The minimum absolute atomic E-state index is 0.456. The lowest BCUT2D eigenvalue weighted by Crippen LogP contribution is -2.23. The number of nitrogens with zero attached hydrogens (tertiary/aromatic N) is 2. The summed E-state index contributed by atoms with van der Waals surface area (Å²) in [4.78, 5) is 0. The van der Waals surface area contributed by atoms with Crippen LogP contribution in [0.1, 0.15) is 45.1 Å². The maximum atomic E-state index is 5.93. The lowest BCUT2D eigenvalue weighted by atomic mass is 9.83. The highest BCUT2D eigenvalue weighted by Gasteiger charge is 2.26. The molecule has 2 N–H and O–H groups in total. The van der Waals surface area contributed by atoms with Gasteiger partial charge in [0, 0.05) is 6.20 Å². The molecule has 1 aromatic rings. The summed E-state index contributed by atoms with van der Waals surface area (Å²) in [6.07, 6.45) is 8.23. The van der Waals surface area contributed by atoms with Crippen molar-refractivity contribution < 1.29 is 0 Å². The Morgan fingerprint density at radius 3 is 2.87 bits per heavy atom. The summed E-state index contributed by atoms with van der Waals surface area (Å²) in [5, 5.41) is 4.87. The molecule has 0 aromatic carbocycles. The highest BCUT2D eigenvalue weighted by atomic mass is 35.5. The van der Waals surface area contributed by atoms with Gasteiger partial charge in [0.1, 0.15) is 5.02 Å². The van der Waals surface area contributed by atoms with Crippen molar-refractivity contribution in [1.82, 2.24) is 9.78 Å². The average Bonchev–Trinajstić information content (AvgIpc) is 2.59. The third-order valence-electron chi connectivity index (χ3n) is 3.45. The molecular weight excluding hydrogens is 210 g/mol. The third kappa shape index (κ3) is 2.12. The fourth-order valence-electron chi connectivity index (χ4n) is 2.57. The Labute approximate surface area is 95.6 Å². The number of nitrogens with two attached hydrogens (primary N) is 1. The molecule has 2 unspecified atom stereocenters. The van der Waals surface area contributed by atoms with Gasteiger partial charge in [-0.3, -0.25) is 4.68 Å². The number of halogens is 1. The number of nitrogen functional groups attached to an aromatic ring is 1. The van der Waals surface area contributed by atoms with E-state index in [-0.39, 0.29) is 0 Å². The van der Waals surface area contributed by atoms with E-state index in [1.807, 2.05) is 10.9 Å². The molecule has 3 nitrogen and oxygen atoms in total. The van der Waals surface area contributed by atoms with Crippen molar-refractivity contribution in [2.45, 2.75) is 45.1 Å². The lowest BCUT2D eigenvalue weighted by Gasteiger charge is -2.30. The van der Waals surface area contributed by atoms with Gasteiger partial charge < -0.3 is 5.73 Å². The molecule has 4 heteroatoms. The predicted octanol–water partition coefficient (Wildman–Crippen LogP) is 3.26. The molecule has 2 atom stereocenters. The second-order valence-electron chi connectivity index (χ2n) is 4.36. The van der Waals surface area contributed by atoms with Crippen LogP contribution in [0, 0.1) is 5.92 Å². The molecule has 1 fully saturated rings. The van der Waals surface area contributed by atoms with Crippen LogP contribution in [0.15, 0.2) is 6.20 Å². The first kappa shape index (κ1) is 10.8. The van der Waals surface area contributed by atoms with Crippen molar-refractivity contribution in [1.29, 1.82) is 0 Å². The quantitative estimate of drug-likeness (QED) is 0.843. The van der Waals surface area contributed by atoms with E-state index in [0.29, 0.717) is 16.9 Å². The molecule has 84 valence electrons. The Hall–Kier alpha value is -0.700. The van der Waals surface area contributed by atoms with Gasteiger partial charge in [-0.05, 0) is 18.8 Å². The van der Waals surface area contributed by atoms with Gasteiger partial charge in [0.05, 0.1) is 6.04 Å². The van der Waals surface area contributed by atoms with E-state index in [2.05, 4.69) is 12.0 Å². The van der Waals surface area contributed by atoms with Crippen molar-refractivity contribution in [3.8, 4) is 0 Å².